The average Bonchev–Trinajstić information content (AvgIpc) is 2.81. The molecule has 0 heterocycles. The minimum absolute atomic E-state index is 0.0215. The quantitative estimate of drug-likeness (QED) is 0.165. The molecule has 3 aromatic carbocycles. The molecule has 0 saturated heterocycles. The number of carbonyl (C=O) groups is 1. The Balaban J connectivity index is 1.88. The predicted molar refractivity (Wildman–Crippen MR) is 128 cm³/mol. The molecule has 0 aliphatic heterocycles. The van der Waals surface area contributed by atoms with Gasteiger partial charge in [0.2, 0.25) is 0 Å². The number of ether oxygens (including phenoxy) is 1. The number of nitrogens with one attached hydrogen (secondary N) is 1. The number of non-ortho nitro benzene ring substituents is 1. The minimum atomic E-state index is -4.86. The van der Waals surface area contributed by atoms with Crippen LogP contribution in [0, 0.1) is 10.1 Å². The summed E-state index contributed by atoms with van der Waals surface area (Å²) in [7, 11) is -9.67. The number of carbonyl (C=O) groups excluding carboxylic acids is 1. The van der Waals surface area contributed by atoms with Gasteiger partial charge in [0, 0.05) is 17.8 Å². The zero-order valence-corrected chi connectivity index (χ0v) is 19.8. The van der Waals surface area contributed by atoms with Crippen molar-refractivity contribution in [3.8, 4) is 0 Å². The lowest BCUT2D eigenvalue weighted by molar-refractivity contribution is -0.385. The second kappa shape index (κ2) is 10.7. The molecule has 12 nitrogen and oxygen atoms in total. The maximum absolute atomic E-state index is 12.1. The van der Waals surface area contributed by atoms with Crippen LogP contribution >= 0.6 is 0 Å². The molecule has 188 valence electrons. The summed E-state index contributed by atoms with van der Waals surface area (Å²) in [4.78, 5) is 20.7. The van der Waals surface area contributed by atoms with Crippen molar-refractivity contribution < 1.29 is 40.4 Å². The van der Waals surface area contributed by atoms with Gasteiger partial charge in [-0.2, -0.15) is 16.8 Å². The van der Waals surface area contributed by atoms with Crippen molar-refractivity contribution in [3.63, 3.8) is 0 Å². The van der Waals surface area contributed by atoms with E-state index in [0.29, 0.717) is 6.07 Å². The van der Waals surface area contributed by atoms with Crippen LogP contribution in [0.2, 0.25) is 0 Å². The van der Waals surface area contributed by atoms with Gasteiger partial charge >= 0.3 is 6.09 Å². The molecule has 3 aromatic rings. The Bertz CT molecular complexity index is 1550. The zero-order chi connectivity index (χ0) is 26.5. The third kappa shape index (κ3) is 6.96. The van der Waals surface area contributed by atoms with Gasteiger partial charge in [-0.15, -0.1) is 0 Å². The molecule has 3 rings (SSSR count). The standard InChI is InChI=1S/C22H18N2O10S2/c25-22(34-14-15-4-2-1-3-5-15)23-18-10-8-16(20(12-18)35(28,29)30)6-7-17-9-11-19(24(26)27)13-21(17)36(31,32)33/h1-13H,14H2,(H,23,25)(H,28,29,30)(H,31,32,33)/b7-6-. The molecule has 0 aliphatic rings. The van der Waals surface area contributed by atoms with Crippen molar-refractivity contribution in [3.05, 3.63) is 93.5 Å². The van der Waals surface area contributed by atoms with E-state index in [9.17, 15) is 40.8 Å². The van der Waals surface area contributed by atoms with Crippen LogP contribution in [0.1, 0.15) is 16.7 Å². The molecule has 0 atom stereocenters. The fourth-order valence-electron chi connectivity index (χ4n) is 3.03. The smallest absolute Gasteiger partial charge is 0.411 e. The summed E-state index contributed by atoms with van der Waals surface area (Å²) in [5.74, 6) is 0. The third-order valence-electron chi connectivity index (χ3n) is 4.68. The van der Waals surface area contributed by atoms with Crippen molar-refractivity contribution in [2.24, 2.45) is 0 Å². The molecular weight excluding hydrogens is 516 g/mol. The molecule has 0 aromatic heterocycles. The van der Waals surface area contributed by atoms with Gasteiger partial charge in [-0.05, 0) is 34.9 Å². The second-order valence-electron chi connectivity index (χ2n) is 7.20. The van der Waals surface area contributed by atoms with Crippen LogP contribution in [-0.2, 0) is 31.6 Å². The van der Waals surface area contributed by atoms with E-state index in [1.165, 1.54) is 12.1 Å². The van der Waals surface area contributed by atoms with Crippen LogP contribution in [0.25, 0.3) is 12.2 Å². The topological polar surface area (TPSA) is 190 Å². The van der Waals surface area contributed by atoms with Gasteiger partial charge in [-0.3, -0.25) is 24.5 Å². The van der Waals surface area contributed by atoms with Gasteiger partial charge in [0.15, 0.2) is 0 Å². The van der Waals surface area contributed by atoms with E-state index in [2.05, 4.69) is 5.32 Å². The van der Waals surface area contributed by atoms with Crippen molar-refractivity contribution in [1.29, 1.82) is 0 Å². The summed E-state index contributed by atoms with van der Waals surface area (Å²) >= 11 is 0. The molecular formula is C22H18N2O10S2. The van der Waals surface area contributed by atoms with Crippen LogP contribution in [0.5, 0.6) is 0 Å². The lowest BCUT2D eigenvalue weighted by atomic mass is 10.1. The van der Waals surface area contributed by atoms with Gasteiger partial charge in [-0.1, -0.05) is 48.6 Å². The predicted octanol–water partition coefficient (Wildman–Crippen LogP) is 4.01. The Labute approximate surface area is 205 Å². The molecule has 0 bridgehead atoms. The molecule has 0 aliphatic carbocycles. The zero-order valence-electron chi connectivity index (χ0n) is 18.1. The lowest BCUT2D eigenvalue weighted by Crippen LogP contribution is -2.14. The Kier molecular flexibility index (Phi) is 7.84. The Morgan fingerprint density at radius 1 is 0.889 bits per heavy atom. The summed E-state index contributed by atoms with van der Waals surface area (Å²) in [5, 5.41) is 13.3. The summed E-state index contributed by atoms with van der Waals surface area (Å²) < 4.78 is 71.3. The van der Waals surface area contributed by atoms with E-state index >= 15 is 0 Å². The van der Waals surface area contributed by atoms with Gasteiger partial charge < -0.3 is 4.74 Å². The number of anilines is 1. The first-order chi connectivity index (χ1) is 16.8. The molecule has 36 heavy (non-hydrogen) atoms. The molecule has 1 amide bonds. The van der Waals surface area contributed by atoms with Crippen LogP contribution in [0.3, 0.4) is 0 Å². The number of amides is 1. The monoisotopic (exact) mass is 534 g/mol. The number of rotatable bonds is 8. The van der Waals surface area contributed by atoms with Crippen LogP contribution < -0.4 is 5.32 Å². The van der Waals surface area contributed by atoms with E-state index in [4.69, 9.17) is 4.74 Å². The second-order valence-corrected chi connectivity index (χ2v) is 9.98. The van der Waals surface area contributed by atoms with Crippen LogP contribution in [0.4, 0.5) is 16.2 Å². The fourth-order valence-corrected chi connectivity index (χ4v) is 4.44. The average molecular weight is 535 g/mol. The van der Waals surface area contributed by atoms with E-state index in [-0.39, 0.29) is 23.4 Å². The molecule has 0 saturated carbocycles. The maximum Gasteiger partial charge on any atom is 0.411 e. The number of hydrogen-bond acceptors (Lipinski definition) is 8. The van der Waals surface area contributed by atoms with Crippen molar-refractivity contribution in [1.82, 2.24) is 0 Å². The highest BCUT2D eigenvalue weighted by Gasteiger charge is 2.20. The molecule has 0 fully saturated rings. The molecule has 0 unspecified atom stereocenters. The maximum atomic E-state index is 12.1. The normalized spacial score (nSPS) is 11.8. The third-order valence-corrected chi connectivity index (χ3v) is 6.50. The van der Waals surface area contributed by atoms with Gasteiger partial charge in [0.05, 0.1) is 4.92 Å². The van der Waals surface area contributed by atoms with Crippen LogP contribution in [0.15, 0.2) is 76.5 Å². The first-order valence-electron chi connectivity index (χ1n) is 9.88. The van der Waals surface area contributed by atoms with E-state index < -0.39 is 46.7 Å². The number of nitro benzene ring substituents is 1. The van der Waals surface area contributed by atoms with E-state index in [0.717, 1.165) is 35.9 Å². The SMILES string of the molecule is O=C(Nc1ccc(/C=C\c2ccc([N+](=O)[O-])cc2S(=O)(=O)O)c(S(=O)(=O)O)c1)OCc1ccccc1. The highest BCUT2D eigenvalue weighted by atomic mass is 32.2. The molecule has 0 radical (unpaired) electrons. The number of benzene rings is 3. The number of nitrogens with zero attached hydrogens (tertiary/aromatic N) is 1. The highest BCUT2D eigenvalue weighted by molar-refractivity contribution is 7.86. The van der Waals surface area contributed by atoms with Crippen molar-refractivity contribution in [2.45, 2.75) is 16.4 Å². The first kappa shape index (κ1) is 26.5. The van der Waals surface area contributed by atoms with Crippen molar-refractivity contribution >= 4 is 49.9 Å². The summed E-state index contributed by atoms with van der Waals surface area (Å²) in [6.07, 6.45) is 1.31. The minimum Gasteiger partial charge on any atom is -0.444 e. The number of nitro groups is 1. The van der Waals surface area contributed by atoms with Gasteiger partial charge in [0.25, 0.3) is 25.9 Å². The summed E-state index contributed by atoms with van der Waals surface area (Å²) in [6, 6.07) is 14.9. The Hall–Kier alpha value is -4.11. The van der Waals surface area contributed by atoms with Gasteiger partial charge in [-0.25, -0.2) is 4.79 Å². The number of hydrogen-bond donors (Lipinski definition) is 3. The molecule has 3 N–H and O–H groups in total. The summed E-state index contributed by atoms with van der Waals surface area (Å²) in [6.45, 7) is -0.0377. The largest absolute Gasteiger partial charge is 0.444 e. The molecule has 0 spiro atoms. The first-order valence-corrected chi connectivity index (χ1v) is 12.8. The van der Waals surface area contributed by atoms with Crippen LogP contribution in [-0.4, -0.2) is 37.0 Å². The molecule has 14 heteroatoms. The fraction of sp³-hybridized carbons (Fsp3) is 0.0455. The van der Waals surface area contributed by atoms with E-state index in [1.807, 2.05) is 0 Å². The Morgan fingerprint density at radius 2 is 1.44 bits per heavy atom. The van der Waals surface area contributed by atoms with Gasteiger partial charge in [0.1, 0.15) is 16.4 Å². The van der Waals surface area contributed by atoms with Crippen molar-refractivity contribution in [2.75, 3.05) is 5.32 Å². The highest BCUT2D eigenvalue weighted by Crippen LogP contribution is 2.27. The lowest BCUT2D eigenvalue weighted by Gasteiger charge is -2.10. The van der Waals surface area contributed by atoms with E-state index in [1.54, 1.807) is 30.3 Å². The summed E-state index contributed by atoms with van der Waals surface area (Å²) in [5.41, 5.74) is -0.182. The Morgan fingerprint density at radius 3 is 2.00 bits per heavy atom.